The molecule has 0 bridgehead atoms. The molecule has 3 rings (SSSR count). The Labute approximate surface area is 159 Å². The Balaban J connectivity index is 1.69. The zero-order chi connectivity index (χ0) is 18.9. The summed E-state index contributed by atoms with van der Waals surface area (Å²) in [6.07, 6.45) is 0.216. The van der Waals surface area contributed by atoms with E-state index in [9.17, 15) is 9.59 Å². The van der Waals surface area contributed by atoms with E-state index in [0.717, 1.165) is 5.69 Å². The molecule has 1 saturated heterocycles. The third-order valence-electron chi connectivity index (χ3n) is 4.63. The molecule has 0 aliphatic carbocycles. The molecule has 136 valence electrons. The van der Waals surface area contributed by atoms with E-state index < -0.39 is 0 Å². The van der Waals surface area contributed by atoms with Gasteiger partial charge in [0.15, 0.2) is 0 Å². The van der Waals surface area contributed by atoms with Crippen molar-refractivity contribution in [2.24, 2.45) is 5.92 Å². The molecule has 2 aromatic carbocycles. The number of hydrogen-bond donors (Lipinski definition) is 1. The van der Waals surface area contributed by atoms with Gasteiger partial charge < -0.3 is 10.2 Å². The van der Waals surface area contributed by atoms with Crippen LogP contribution in [-0.4, -0.2) is 18.4 Å². The molecule has 1 unspecified atom stereocenters. The Hall–Kier alpha value is -2.33. The molecule has 1 atom stereocenters. The second-order valence-electron chi connectivity index (χ2n) is 7.70. The summed E-state index contributed by atoms with van der Waals surface area (Å²) in [5, 5.41) is 3.40. The lowest BCUT2D eigenvalue weighted by Crippen LogP contribution is -2.28. The highest BCUT2D eigenvalue weighted by Gasteiger charge is 2.35. The van der Waals surface area contributed by atoms with E-state index in [0.29, 0.717) is 17.3 Å². The van der Waals surface area contributed by atoms with Gasteiger partial charge in [-0.2, -0.15) is 0 Å². The highest BCUT2D eigenvalue weighted by molar-refractivity contribution is 6.30. The molecule has 2 aromatic rings. The average molecular weight is 371 g/mol. The molecule has 1 heterocycles. The quantitative estimate of drug-likeness (QED) is 0.856. The number of benzene rings is 2. The normalized spacial score (nSPS) is 17.5. The van der Waals surface area contributed by atoms with Gasteiger partial charge in [0.25, 0.3) is 0 Å². The summed E-state index contributed by atoms with van der Waals surface area (Å²) in [5.41, 5.74) is 2.75. The first kappa shape index (κ1) is 18.5. The molecule has 1 aliphatic heterocycles. The van der Waals surface area contributed by atoms with Gasteiger partial charge in [-0.1, -0.05) is 50.6 Å². The molecule has 1 N–H and O–H groups in total. The molecule has 5 heteroatoms. The summed E-state index contributed by atoms with van der Waals surface area (Å²) in [5.74, 6) is -0.557. The third kappa shape index (κ3) is 4.07. The van der Waals surface area contributed by atoms with Gasteiger partial charge in [-0.15, -0.1) is 0 Å². The van der Waals surface area contributed by atoms with Crippen molar-refractivity contribution in [3.63, 3.8) is 0 Å². The van der Waals surface area contributed by atoms with E-state index in [-0.39, 0.29) is 29.6 Å². The molecular weight excluding hydrogens is 348 g/mol. The summed E-state index contributed by atoms with van der Waals surface area (Å²) >= 11 is 5.95. The smallest absolute Gasteiger partial charge is 0.229 e. The predicted octanol–water partition coefficient (Wildman–Crippen LogP) is 4.63. The van der Waals surface area contributed by atoms with Crippen LogP contribution < -0.4 is 10.2 Å². The second-order valence-corrected chi connectivity index (χ2v) is 8.14. The fraction of sp³-hybridized carbons (Fsp3) is 0.333. The molecule has 0 saturated carbocycles. The number of amides is 2. The number of halogens is 1. The summed E-state index contributed by atoms with van der Waals surface area (Å²) in [6, 6.07) is 15.0. The van der Waals surface area contributed by atoms with Crippen molar-refractivity contribution in [3.8, 4) is 0 Å². The van der Waals surface area contributed by atoms with Gasteiger partial charge in [0.1, 0.15) is 0 Å². The molecule has 1 aliphatic rings. The highest BCUT2D eigenvalue weighted by atomic mass is 35.5. The van der Waals surface area contributed by atoms with Gasteiger partial charge in [-0.3, -0.25) is 9.59 Å². The summed E-state index contributed by atoms with van der Waals surface area (Å²) < 4.78 is 0. The predicted molar refractivity (Wildman–Crippen MR) is 106 cm³/mol. The van der Waals surface area contributed by atoms with E-state index in [1.54, 1.807) is 29.2 Å². The van der Waals surface area contributed by atoms with E-state index in [2.05, 4.69) is 26.1 Å². The molecule has 0 spiro atoms. The number of hydrogen-bond acceptors (Lipinski definition) is 2. The first-order valence-corrected chi connectivity index (χ1v) is 9.09. The van der Waals surface area contributed by atoms with Gasteiger partial charge in [0.2, 0.25) is 11.8 Å². The van der Waals surface area contributed by atoms with Crippen LogP contribution in [0.2, 0.25) is 5.02 Å². The second kappa shape index (κ2) is 7.12. The van der Waals surface area contributed by atoms with Crippen LogP contribution >= 0.6 is 11.6 Å². The van der Waals surface area contributed by atoms with Gasteiger partial charge in [-0.05, 0) is 41.3 Å². The number of anilines is 2. The lowest BCUT2D eigenvalue weighted by Gasteiger charge is -2.21. The SMILES string of the molecule is CC(C)(C)c1ccc(N2CC(C(=O)Nc3cccc(Cl)c3)CC2=O)cc1. The van der Waals surface area contributed by atoms with Gasteiger partial charge in [0.05, 0.1) is 5.92 Å². The number of rotatable bonds is 3. The van der Waals surface area contributed by atoms with Crippen molar-refractivity contribution < 1.29 is 9.59 Å². The maximum absolute atomic E-state index is 12.5. The van der Waals surface area contributed by atoms with Crippen LogP contribution in [0.1, 0.15) is 32.8 Å². The van der Waals surface area contributed by atoms with Crippen molar-refractivity contribution in [2.45, 2.75) is 32.6 Å². The Morgan fingerprint density at radius 2 is 1.85 bits per heavy atom. The van der Waals surface area contributed by atoms with Crippen LogP contribution in [0.3, 0.4) is 0 Å². The van der Waals surface area contributed by atoms with Crippen LogP contribution in [-0.2, 0) is 15.0 Å². The topological polar surface area (TPSA) is 49.4 Å². The standard InChI is InChI=1S/C21H23ClN2O2/c1-21(2,3)15-7-9-18(10-8-15)24-13-14(11-19(24)25)20(26)23-17-6-4-5-16(22)12-17/h4-10,12,14H,11,13H2,1-3H3,(H,23,26). The van der Waals surface area contributed by atoms with E-state index in [1.165, 1.54) is 5.56 Å². The van der Waals surface area contributed by atoms with Crippen molar-refractivity contribution in [2.75, 3.05) is 16.8 Å². The van der Waals surface area contributed by atoms with Crippen LogP contribution in [0.5, 0.6) is 0 Å². The van der Waals surface area contributed by atoms with E-state index in [1.807, 2.05) is 24.3 Å². The Bertz CT molecular complexity index is 825. The van der Waals surface area contributed by atoms with Crippen LogP contribution in [0, 0.1) is 5.92 Å². The monoisotopic (exact) mass is 370 g/mol. The summed E-state index contributed by atoms with van der Waals surface area (Å²) in [6.45, 7) is 6.84. The highest BCUT2D eigenvalue weighted by Crippen LogP contribution is 2.29. The van der Waals surface area contributed by atoms with Gasteiger partial charge in [-0.25, -0.2) is 0 Å². The van der Waals surface area contributed by atoms with Crippen molar-refractivity contribution >= 4 is 34.8 Å². The molecule has 4 nitrogen and oxygen atoms in total. The largest absolute Gasteiger partial charge is 0.326 e. The fourth-order valence-corrected chi connectivity index (χ4v) is 3.27. The maximum atomic E-state index is 12.5. The van der Waals surface area contributed by atoms with Gasteiger partial charge >= 0.3 is 0 Å². The summed E-state index contributed by atoms with van der Waals surface area (Å²) in [7, 11) is 0. The first-order chi connectivity index (χ1) is 12.2. The van der Waals surface area contributed by atoms with Gasteiger partial charge in [0, 0.05) is 29.4 Å². The number of carbonyl (C=O) groups is 2. The molecule has 2 amide bonds. The molecule has 0 radical (unpaired) electrons. The number of carbonyl (C=O) groups excluding carboxylic acids is 2. The lowest BCUT2D eigenvalue weighted by atomic mass is 9.87. The van der Waals surface area contributed by atoms with Crippen molar-refractivity contribution in [1.82, 2.24) is 0 Å². The third-order valence-corrected chi connectivity index (χ3v) is 4.87. The Kier molecular flexibility index (Phi) is 5.05. The molecular formula is C21H23ClN2O2. The first-order valence-electron chi connectivity index (χ1n) is 8.71. The Morgan fingerprint density at radius 3 is 2.46 bits per heavy atom. The molecule has 0 aromatic heterocycles. The van der Waals surface area contributed by atoms with Crippen LogP contribution in [0.4, 0.5) is 11.4 Å². The minimum atomic E-state index is -0.372. The lowest BCUT2D eigenvalue weighted by molar-refractivity contribution is -0.122. The minimum absolute atomic E-state index is 0.0280. The maximum Gasteiger partial charge on any atom is 0.229 e. The Morgan fingerprint density at radius 1 is 1.15 bits per heavy atom. The number of nitrogens with one attached hydrogen (secondary N) is 1. The van der Waals surface area contributed by atoms with Crippen LogP contribution in [0.15, 0.2) is 48.5 Å². The zero-order valence-corrected chi connectivity index (χ0v) is 16.0. The minimum Gasteiger partial charge on any atom is -0.326 e. The zero-order valence-electron chi connectivity index (χ0n) is 15.3. The summed E-state index contributed by atoms with van der Waals surface area (Å²) in [4.78, 5) is 26.6. The average Bonchev–Trinajstić information content (AvgIpc) is 2.96. The van der Waals surface area contributed by atoms with Crippen molar-refractivity contribution in [1.29, 1.82) is 0 Å². The van der Waals surface area contributed by atoms with Crippen LogP contribution in [0.25, 0.3) is 0 Å². The fourth-order valence-electron chi connectivity index (χ4n) is 3.08. The molecule has 1 fully saturated rings. The number of nitrogens with zero attached hydrogens (tertiary/aromatic N) is 1. The van der Waals surface area contributed by atoms with Crippen molar-refractivity contribution in [3.05, 3.63) is 59.1 Å². The van der Waals surface area contributed by atoms with E-state index >= 15 is 0 Å². The molecule has 26 heavy (non-hydrogen) atoms. The van der Waals surface area contributed by atoms with E-state index in [4.69, 9.17) is 11.6 Å².